The third-order valence-electron chi connectivity index (χ3n) is 2.25. The van der Waals surface area contributed by atoms with Gasteiger partial charge in [-0.2, -0.15) is 0 Å². The van der Waals surface area contributed by atoms with Gasteiger partial charge in [0, 0.05) is 11.6 Å². The largest absolute Gasteiger partial charge is 0.320 e. The molecule has 2 aromatic rings. The Bertz CT molecular complexity index is 514. The van der Waals surface area contributed by atoms with E-state index in [4.69, 9.17) is 0 Å². The first-order valence-corrected chi connectivity index (χ1v) is 4.05. The van der Waals surface area contributed by atoms with Gasteiger partial charge < -0.3 is 5.32 Å². The average molecular weight is 170 g/mol. The van der Waals surface area contributed by atoms with E-state index in [9.17, 15) is 4.79 Å². The van der Waals surface area contributed by atoms with Crippen LogP contribution in [-0.4, -0.2) is 10.9 Å². The quantitative estimate of drug-likeness (QED) is 0.655. The second-order valence-corrected chi connectivity index (χ2v) is 3.02. The Labute approximate surface area is 74.4 Å². The number of rotatable bonds is 0. The second-order valence-electron chi connectivity index (χ2n) is 3.02. The van der Waals surface area contributed by atoms with Crippen LogP contribution in [0.1, 0.15) is 10.5 Å². The van der Waals surface area contributed by atoms with Crippen molar-refractivity contribution in [1.82, 2.24) is 4.98 Å². The Kier molecular flexibility index (Phi) is 1.05. The molecule has 1 aliphatic rings. The van der Waals surface area contributed by atoms with E-state index in [0.29, 0.717) is 5.69 Å². The van der Waals surface area contributed by atoms with Gasteiger partial charge in [0.25, 0.3) is 5.91 Å². The summed E-state index contributed by atoms with van der Waals surface area (Å²) in [6, 6.07) is 7.69. The number of nitrogens with one attached hydrogen (secondary N) is 1. The molecule has 2 heterocycles. The van der Waals surface area contributed by atoms with Crippen LogP contribution in [0.15, 0.2) is 30.5 Å². The van der Waals surface area contributed by atoms with Crippen LogP contribution in [-0.2, 0) is 0 Å². The van der Waals surface area contributed by atoms with Gasteiger partial charge in [0.1, 0.15) is 5.69 Å². The lowest BCUT2D eigenvalue weighted by Crippen LogP contribution is -2.05. The third-order valence-corrected chi connectivity index (χ3v) is 2.25. The number of carbonyl (C=O) groups is 1. The molecule has 62 valence electrons. The molecule has 0 spiro atoms. The van der Waals surface area contributed by atoms with Gasteiger partial charge in [-0.05, 0) is 17.5 Å². The summed E-state index contributed by atoms with van der Waals surface area (Å²) in [6.07, 6.45) is 1.66. The van der Waals surface area contributed by atoms with Crippen LogP contribution in [0.25, 0.3) is 10.8 Å². The SMILES string of the molecule is O=C1Nc2cccc3ccnc1c23. The number of hydrogen-bond acceptors (Lipinski definition) is 2. The molecule has 0 unspecified atom stereocenters. The summed E-state index contributed by atoms with van der Waals surface area (Å²) in [5.74, 6) is -0.105. The minimum atomic E-state index is -0.105. The Balaban J connectivity index is 2.58. The molecule has 1 aliphatic heterocycles. The molecule has 3 heteroatoms. The molecular formula is C10H6N2O. The van der Waals surface area contributed by atoms with Crippen LogP contribution in [0.3, 0.4) is 0 Å². The summed E-state index contributed by atoms with van der Waals surface area (Å²) < 4.78 is 0. The predicted molar refractivity (Wildman–Crippen MR) is 49.7 cm³/mol. The number of carbonyl (C=O) groups excluding carboxylic acids is 1. The highest BCUT2D eigenvalue weighted by molar-refractivity contribution is 6.22. The summed E-state index contributed by atoms with van der Waals surface area (Å²) in [5.41, 5.74) is 1.40. The smallest absolute Gasteiger partial charge is 0.274 e. The molecule has 1 aromatic carbocycles. The molecule has 0 radical (unpaired) electrons. The minimum Gasteiger partial charge on any atom is -0.320 e. The van der Waals surface area contributed by atoms with Crippen LogP contribution < -0.4 is 5.32 Å². The fourth-order valence-corrected chi connectivity index (χ4v) is 1.69. The Morgan fingerprint density at radius 3 is 3.08 bits per heavy atom. The summed E-state index contributed by atoms with van der Waals surface area (Å²) >= 11 is 0. The van der Waals surface area contributed by atoms with Crippen molar-refractivity contribution in [2.45, 2.75) is 0 Å². The summed E-state index contributed by atoms with van der Waals surface area (Å²) in [5, 5.41) is 4.77. The van der Waals surface area contributed by atoms with E-state index in [2.05, 4.69) is 10.3 Å². The summed E-state index contributed by atoms with van der Waals surface area (Å²) in [4.78, 5) is 15.4. The van der Waals surface area contributed by atoms with Crippen LogP contribution in [0.4, 0.5) is 5.69 Å². The lowest BCUT2D eigenvalue weighted by atomic mass is 10.1. The van der Waals surface area contributed by atoms with Gasteiger partial charge in [-0.15, -0.1) is 0 Å². The highest BCUT2D eigenvalue weighted by atomic mass is 16.2. The first kappa shape index (κ1) is 6.60. The molecule has 13 heavy (non-hydrogen) atoms. The number of aromatic nitrogens is 1. The van der Waals surface area contributed by atoms with Crippen molar-refractivity contribution in [1.29, 1.82) is 0 Å². The maximum Gasteiger partial charge on any atom is 0.274 e. The van der Waals surface area contributed by atoms with Gasteiger partial charge in [0.15, 0.2) is 0 Å². The van der Waals surface area contributed by atoms with E-state index in [-0.39, 0.29) is 5.91 Å². The maximum absolute atomic E-state index is 11.4. The van der Waals surface area contributed by atoms with E-state index < -0.39 is 0 Å². The first-order valence-electron chi connectivity index (χ1n) is 4.05. The average Bonchev–Trinajstić information content (AvgIpc) is 2.47. The number of anilines is 1. The monoisotopic (exact) mass is 170 g/mol. The van der Waals surface area contributed by atoms with Gasteiger partial charge in [-0.3, -0.25) is 9.78 Å². The van der Waals surface area contributed by atoms with E-state index in [0.717, 1.165) is 16.5 Å². The van der Waals surface area contributed by atoms with Gasteiger partial charge in [-0.25, -0.2) is 0 Å². The highest BCUT2D eigenvalue weighted by Gasteiger charge is 2.21. The van der Waals surface area contributed by atoms with Crippen LogP contribution >= 0.6 is 0 Å². The van der Waals surface area contributed by atoms with E-state index in [1.807, 2.05) is 24.3 Å². The fraction of sp³-hybridized carbons (Fsp3) is 0. The normalized spacial score (nSPS) is 13.4. The molecular weight excluding hydrogens is 164 g/mol. The Morgan fingerprint density at radius 2 is 2.15 bits per heavy atom. The zero-order valence-electron chi connectivity index (χ0n) is 6.74. The van der Waals surface area contributed by atoms with Crippen molar-refractivity contribution in [3.8, 4) is 0 Å². The molecule has 0 fully saturated rings. The van der Waals surface area contributed by atoms with Crippen LogP contribution in [0.2, 0.25) is 0 Å². The van der Waals surface area contributed by atoms with Crippen molar-refractivity contribution in [3.63, 3.8) is 0 Å². The van der Waals surface area contributed by atoms with E-state index in [1.54, 1.807) is 6.20 Å². The molecule has 0 atom stereocenters. The molecule has 3 nitrogen and oxygen atoms in total. The molecule has 0 bridgehead atoms. The zero-order valence-corrected chi connectivity index (χ0v) is 6.74. The molecule has 1 amide bonds. The predicted octanol–water partition coefficient (Wildman–Crippen LogP) is 1.80. The molecule has 1 aromatic heterocycles. The number of hydrogen-bond donors (Lipinski definition) is 1. The van der Waals surface area contributed by atoms with Gasteiger partial charge in [0.2, 0.25) is 0 Å². The van der Waals surface area contributed by atoms with E-state index >= 15 is 0 Å². The third kappa shape index (κ3) is 0.731. The fourth-order valence-electron chi connectivity index (χ4n) is 1.69. The van der Waals surface area contributed by atoms with Gasteiger partial charge >= 0.3 is 0 Å². The molecule has 0 saturated carbocycles. The number of pyridine rings is 1. The molecule has 0 aliphatic carbocycles. The number of nitrogens with zero attached hydrogens (tertiary/aromatic N) is 1. The Morgan fingerprint density at radius 1 is 1.23 bits per heavy atom. The maximum atomic E-state index is 11.4. The van der Waals surface area contributed by atoms with Gasteiger partial charge in [0.05, 0.1) is 5.69 Å². The number of amides is 1. The zero-order chi connectivity index (χ0) is 8.84. The first-order chi connectivity index (χ1) is 6.36. The standard InChI is InChI=1S/C10H6N2O/c13-10-9-8-6(4-5-11-9)2-1-3-7(8)12-10/h1-5H,(H,12,13). The van der Waals surface area contributed by atoms with Crippen molar-refractivity contribution in [3.05, 3.63) is 36.2 Å². The molecule has 0 saturated heterocycles. The van der Waals surface area contributed by atoms with Crippen LogP contribution in [0.5, 0.6) is 0 Å². The summed E-state index contributed by atoms with van der Waals surface area (Å²) in [7, 11) is 0. The second kappa shape index (κ2) is 2.07. The van der Waals surface area contributed by atoms with Crippen molar-refractivity contribution in [2.24, 2.45) is 0 Å². The Hall–Kier alpha value is -1.90. The van der Waals surface area contributed by atoms with E-state index in [1.165, 1.54) is 0 Å². The highest BCUT2D eigenvalue weighted by Crippen LogP contribution is 2.30. The summed E-state index contributed by atoms with van der Waals surface area (Å²) in [6.45, 7) is 0. The molecule has 3 rings (SSSR count). The minimum absolute atomic E-state index is 0.105. The van der Waals surface area contributed by atoms with Crippen molar-refractivity contribution in [2.75, 3.05) is 5.32 Å². The topological polar surface area (TPSA) is 42.0 Å². The van der Waals surface area contributed by atoms with Gasteiger partial charge in [-0.1, -0.05) is 12.1 Å². The lowest BCUT2D eigenvalue weighted by Gasteiger charge is -1.96. The number of benzene rings is 1. The van der Waals surface area contributed by atoms with Crippen molar-refractivity contribution >= 4 is 22.4 Å². The lowest BCUT2D eigenvalue weighted by molar-refractivity contribution is 0.102. The van der Waals surface area contributed by atoms with Crippen LogP contribution in [0, 0.1) is 0 Å². The van der Waals surface area contributed by atoms with Crippen molar-refractivity contribution < 1.29 is 4.79 Å². The molecule has 1 N–H and O–H groups in total.